The normalized spacial score (nSPS) is 43.7. The minimum absolute atomic E-state index is 0.922. The molecular formula is C7H14N2. The van der Waals surface area contributed by atoms with E-state index in [1.807, 2.05) is 0 Å². The van der Waals surface area contributed by atoms with Crippen molar-refractivity contribution in [3.05, 3.63) is 0 Å². The van der Waals surface area contributed by atoms with Crippen molar-refractivity contribution >= 4 is 0 Å². The molecule has 0 aromatic carbocycles. The SMILES string of the molecule is CN1C[C@@H]2CNCC[C@@H]21. The van der Waals surface area contributed by atoms with Crippen LogP contribution in [0.25, 0.3) is 0 Å². The predicted octanol–water partition coefficient (Wildman–Crippen LogP) is -0.0901. The summed E-state index contributed by atoms with van der Waals surface area (Å²) in [4.78, 5) is 2.46. The molecule has 0 aromatic heterocycles. The van der Waals surface area contributed by atoms with Gasteiger partial charge in [0.05, 0.1) is 0 Å². The van der Waals surface area contributed by atoms with Crippen LogP contribution in [-0.4, -0.2) is 37.6 Å². The molecule has 0 aliphatic carbocycles. The van der Waals surface area contributed by atoms with E-state index in [4.69, 9.17) is 0 Å². The van der Waals surface area contributed by atoms with Crippen molar-refractivity contribution in [3.8, 4) is 0 Å². The largest absolute Gasteiger partial charge is 0.316 e. The van der Waals surface area contributed by atoms with Crippen molar-refractivity contribution in [3.63, 3.8) is 0 Å². The summed E-state index contributed by atoms with van der Waals surface area (Å²) >= 11 is 0. The van der Waals surface area contributed by atoms with E-state index in [0.29, 0.717) is 0 Å². The minimum atomic E-state index is 0.922. The highest BCUT2D eigenvalue weighted by Gasteiger charge is 2.37. The first kappa shape index (κ1) is 5.69. The van der Waals surface area contributed by atoms with Gasteiger partial charge in [-0.15, -0.1) is 0 Å². The quantitative estimate of drug-likeness (QED) is 0.488. The Bertz CT molecular complexity index is 111. The lowest BCUT2D eigenvalue weighted by Gasteiger charge is -2.49. The van der Waals surface area contributed by atoms with Crippen LogP contribution in [0.3, 0.4) is 0 Å². The molecule has 0 radical (unpaired) electrons. The summed E-state index contributed by atoms with van der Waals surface area (Å²) in [5, 5.41) is 3.41. The van der Waals surface area contributed by atoms with Gasteiger partial charge in [-0.25, -0.2) is 0 Å². The molecule has 0 unspecified atom stereocenters. The minimum Gasteiger partial charge on any atom is -0.316 e. The number of fused-ring (bicyclic) bond motifs is 1. The zero-order valence-corrected chi connectivity index (χ0v) is 5.93. The Morgan fingerprint density at radius 3 is 3.00 bits per heavy atom. The number of nitrogens with one attached hydrogen (secondary N) is 1. The first-order valence-corrected chi connectivity index (χ1v) is 3.79. The maximum absolute atomic E-state index is 3.41. The molecule has 2 aliphatic rings. The molecule has 52 valence electrons. The molecule has 2 rings (SSSR count). The lowest BCUT2D eigenvalue weighted by atomic mass is 9.84. The Kier molecular flexibility index (Phi) is 1.24. The topological polar surface area (TPSA) is 15.3 Å². The molecule has 0 bridgehead atoms. The summed E-state index contributed by atoms with van der Waals surface area (Å²) in [6, 6.07) is 0.922. The van der Waals surface area contributed by atoms with Crippen LogP contribution in [0.4, 0.5) is 0 Å². The lowest BCUT2D eigenvalue weighted by molar-refractivity contribution is 0.0186. The third-order valence-corrected chi connectivity index (χ3v) is 2.66. The average molecular weight is 126 g/mol. The molecular weight excluding hydrogens is 112 g/mol. The Balaban J connectivity index is 1.94. The highest BCUT2D eigenvalue weighted by molar-refractivity contribution is 4.93. The molecule has 2 atom stereocenters. The Labute approximate surface area is 56.2 Å². The molecule has 2 nitrogen and oxygen atoms in total. The van der Waals surface area contributed by atoms with Gasteiger partial charge in [-0.1, -0.05) is 0 Å². The highest BCUT2D eigenvalue weighted by atomic mass is 15.2. The number of likely N-dealkylation sites (tertiary alicyclic amines) is 1. The second-order valence-corrected chi connectivity index (χ2v) is 3.26. The van der Waals surface area contributed by atoms with E-state index >= 15 is 0 Å². The van der Waals surface area contributed by atoms with Crippen LogP contribution in [-0.2, 0) is 0 Å². The van der Waals surface area contributed by atoms with Crippen LogP contribution >= 0.6 is 0 Å². The van der Waals surface area contributed by atoms with E-state index in [9.17, 15) is 0 Å². The smallest absolute Gasteiger partial charge is 0.0157 e. The van der Waals surface area contributed by atoms with E-state index < -0.39 is 0 Å². The summed E-state index contributed by atoms with van der Waals surface area (Å²) in [6.45, 7) is 3.80. The van der Waals surface area contributed by atoms with Gasteiger partial charge in [0.15, 0.2) is 0 Å². The van der Waals surface area contributed by atoms with Crippen molar-refractivity contribution in [1.82, 2.24) is 10.2 Å². The zero-order valence-electron chi connectivity index (χ0n) is 5.93. The van der Waals surface area contributed by atoms with Crippen LogP contribution in [0.5, 0.6) is 0 Å². The third-order valence-electron chi connectivity index (χ3n) is 2.66. The molecule has 0 amide bonds. The van der Waals surface area contributed by atoms with Crippen molar-refractivity contribution < 1.29 is 0 Å². The van der Waals surface area contributed by atoms with Gasteiger partial charge in [0.2, 0.25) is 0 Å². The van der Waals surface area contributed by atoms with E-state index in [0.717, 1.165) is 12.0 Å². The Morgan fingerprint density at radius 2 is 2.44 bits per heavy atom. The molecule has 2 heteroatoms. The predicted molar refractivity (Wildman–Crippen MR) is 37.4 cm³/mol. The van der Waals surface area contributed by atoms with Crippen LogP contribution in [0.15, 0.2) is 0 Å². The van der Waals surface area contributed by atoms with Crippen LogP contribution in [0.1, 0.15) is 6.42 Å². The fourth-order valence-corrected chi connectivity index (χ4v) is 2.04. The van der Waals surface area contributed by atoms with E-state index in [1.165, 1.54) is 26.1 Å². The van der Waals surface area contributed by atoms with Crippen molar-refractivity contribution in [1.29, 1.82) is 0 Å². The molecule has 2 fully saturated rings. The first-order chi connectivity index (χ1) is 4.38. The second-order valence-electron chi connectivity index (χ2n) is 3.26. The van der Waals surface area contributed by atoms with Crippen LogP contribution < -0.4 is 5.32 Å². The van der Waals surface area contributed by atoms with Gasteiger partial charge in [0, 0.05) is 19.1 Å². The summed E-state index contributed by atoms with van der Waals surface area (Å²) in [6.07, 6.45) is 1.36. The summed E-state index contributed by atoms with van der Waals surface area (Å²) in [5.41, 5.74) is 0. The summed E-state index contributed by atoms with van der Waals surface area (Å²) < 4.78 is 0. The van der Waals surface area contributed by atoms with Gasteiger partial charge >= 0.3 is 0 Å². The van der Waals surface area contributed by atoms with Crippen molar-refractivity contribution in [2.45, 2.75) is 12.5 Å². The fraction of sp³-hybridized carbons (Fsp3) is 1.00. The van der Waals surface area contributed by atoms with Gasteiger partial charge in [0.25, 0.3) is 0 Å². The number of piperidine rings is 1. The second kappa shape index (κ2) is 1.96. The molecule has 9 heavy (non-hydrogen) atoms. The first-order valence-electron chi connectivity index (χ1n) is 3.79. The molecule has 0 spiro atoms. The number of hydrogen-bond acceptors (Lipinski definition) is 2. The Morgan fingerprint density at radius 1 is 1.56 bits per heavy atom. The maximum atomic E-state index is 3.41. The maximum Gasteiger partial charge on any atom is 0.0157 e. The highest BCUT2D eigenvalue weighted by Crippen LogP contribution is 2.26. The van der Waals surface area contributed by atoms with Crippen molar-refractivity contribution in [2.24, 2.45) is 5.92 Å². The van der Waals surface area contributed by atoms with Gasteiger partial charge in [-0.3, -0.25) is 0 Å². The number of nitrogens with zero attached hydrogens (tertiary/aromatic N) is 1. The van der Waals surface area contributed by atoms with Crippen LogP contribution in [0.2, 0.25) is 0 Å². The molecule has 0 saturated carbocycles. The monoisotopic (exact) mass is 126 g/mol. The molecule has 2 saturated heterocycles. The summed E-state index contributed by atoms with van der Waals surface area (Å²) in [5.74, 6) is 0.976. The van der Waals surface area contributed by atoms with Gasteiger partial charge in [-0.2, -0.15) is 0 Å². The van der Waals surface area contributed by atoms with Crippen molar-refractivity contribution in [2.75, 3.05) is 26.7 Å². The summed E-state index contributed by atoms with van der Waals surface area (Å²) in [7, 11) is 2.23. The lowest BCUT2D eigenvalue weighted by Crippen LogP contribution is -2.60. The molecule has 2 heterocycles. The van der Waals surface area contributed by atoms with E-state index in [-0.39, 0.29) is 0 Å². The fourth-order valence-electron chi connectivity index (χ4n) is 2.04. The molecule has 2 aliphatic heterocycles. The molecule has 0 aromatic rings. The Hall–Kier alpha value is -0.0800. The van der Waals surface area contributed by atoms with E-state index in [2.05, 4.69) is 17.3 Å². The van der Waals surface area contributed by atoms with Gasteiger partial charge in [0.1, 0.15) is 0 Å². The van der Waals surface area contributed by atoms with Gasteiger partial charge < -0.3 is 10.2 Å². The van der Waals surface area contributed by atoms with Crippen LogP contribution in [0, 0.1) is 5.92 Å². The van der Waals surface area contributed by atoms with E-state index in [1.54, 1.807) is 0 Å². The third kappa shape index (κ3) is 0.775. The number of hydrogen-bond donors (Lipinski definition) is 1. The zero-order chi connectivity index (χ0) is 6.27. The molecule has 1 N–H and O–H groups in total. The number of rotatable bonds is 0. The standard InChI is InChI=1S/C7H14N2/c1-9-5-6-4-8-3-2-7(6)9/h6-8H,2-5H2,1H3/t6-,7-/m0/s1. The average Bonchev–Trinajstić information content (AvgIpc) is 1.86. The van der Waals surface area contributed by atoms with Gasteiger partial charge in [-0.05, 0) is 25.9 Å².